The van der Waals surface area contributed by atoms with E-state index in [1.807, 2.05) is 0 Å². The number of halogens is 3. The Balaban J connectivity index is 1.94. The summed E-state index contributed by atoms with van der Waals surface area (Å²) in [6.07, 6.45) is 4.93. The maximum Gasteiger partial charge on any atom is 0.392 e. The molecule has 0 unspecified atom stereocenters. The second kappa shape index (κ2) is 11.6. The first kappa shape index (κ1) is 21.1. The molecule has 0 aliphatic carbocycles. The van der Waals surface area contributed by atoms with E-state index in [9.17, 15) is 18.0 Å². The van der Waals surface area contributed by atoms with Gasteiger partial charge in [0.2, 0.25) is 0 Å². The van der Waals surface area contributed by atoms with Crippen LogP contribution in [-0.4, -0.2) is 23.8 Å². The monoisotopic (exact) mass is 357 g/mol. The summed E-state index contributed by atoms with van der Waals surface area (Å²) in [6, 6.07) is 6.67. The Hall–Kier alpha value is -1.98. The van der Waals surface area contributed by atoms with Crippen LogP contribution in [0.3, 0.4) is 0 Å². The fraction of sp³-hybridized carbons (Fsp3) is 0.526. The van der Waals surface area contributed by atoms with Gasteiger partial charge in [-0.15, -0.1) is 0 Å². The van der Waals surface area contributed by atoms with Crippen LogP contribution in [0, 0.1) is 0 Å². The van der Waals surface area contributed by atoms with Crippen LogP contribution in [0.5, 0.6) is 0 Å². The van der Waals surface area contributed by atoms with Crippen molar-refractivity contribution in [3.8, 4) is 0 Å². The highest BCUT2D eigenvalue weighted by Crippen LogP contribution is 2.20. The van der Waals surface area contributed by atoms with Crippen LogP contribution in [-0.2, 0) is 0 Å². The van der Waals surface area contributed by atoms with Crippen LogP contribution in [0.25, 0.3) is 0 Å². The smallest absolute Gasteiger partial charge is 0.392 e. The van der Waals surface area contributed by atoms with E-state index in [0.29, 0.717) is 6.42 Å². The van der Waals surface area contributed by atoms with Gasteiger partial charge < -0.3 is 10.4 Å². The predicted octanol–water partition coefficient (Wildman–Crippen LogP) is 6.04. The Morgan fingerprint density at radius 3 is 2.16 bits per heavy atom. The summed E-state index contributed by atoms with van der Waals surface area (Å²) < 4.78 is 35.7. The molecule has 6 heteroatoms. The van der Waals surface area contributed by atoms with Crippen molar-refractivity contribution in [2.24, 2.45) is 0 Å². The molecule has 0 saturated heterocycles. The van der Waals surface area contributed by atoms with Gasteiger partial charge in [0.25, 0.3) is 0 Å². The lowest BCUT2D eigenvalue weighted by Crippen LogP contribution is -2.03. The van der Waals surface area contributed by atoms with Crippen LogP contribution in [0.2, 0.25) is 0 Å². The van der Waals surface area contributed by atoms with Gasteiger partial charge in [-0.3, -0.25) is 0 Å². The number of carboxylic acids is 1. The Labute approximate surface area is 146 Å². The highest BCUT2D eigenvalue weighted by atomic mass is 19.4. The fourth-order valence-electron chi connectivity index (χ4n) is 2.39. The van der Waals surface area contributed by atoms with Gasteiger partial charge in [-0.05, 0) is 43.5 Å². The predicted molar refractivity (Wildman–Crippen MR) is 94.0 cm³/mol. The van der Waals surface area contributed by atoms with Gasteiger partial charge in [0.05, 0.1) is 12.0 Å². The molecule has 1 aromatic rings. The molecule has 0 amide bonds. The lowest BCUT2D eigenvalue weighted by Gasteiger charge is -2.06. The average Bonchev–Trinajstić information content (AvgIpc) is 2.55. The van der Waals surface area contributed by atoms with E-state index in [-0.39, 0.29) is 5.56 Å². The van der Waals surface area contributed by atoms with E-state index in [1.165, 1.54) is 6.08 Å². The number of aromatic carboxylic acids is 1. The topological polar surface area (TPSA) is 49.3 Å². The molecule has 0 atom stereocenters. The van der Waals surface area contributed by atoms with Crippen molar-refractivity contribution in [1.29, 1.82) is 0 Å². The lowest BCUT2D eigenvalue weighted by atomic mass is 10.1. The van der Waals surface area contributed by atoms with Gasteiger partial charge in [-0.25, -0.2) is 4.79 Å². The van der Waals surface area contributed by atoms with Gasteiger partial charge in [-0.1, -0.05) is 37.8 Å². The third-order valence-corrected chi connectivity index (χ3v) is 3.77. The molecule has 3 nitrogen and oxygen atoms in total. The molecular weight excluding hydrogens is 331 g/mol. The van der Waals surface area contributed by atoms with Gasteiger partial charge in [0.1, 0.15) is 0 Å². The third-order valence-electron chi connectivity index (χ3n) is 3.77. The zero-order valence-electron chi connectivity index (χ0n) is 14.3. The first-order valence-corrected chi connectivity index (χ1v) is 8.67. The molecule has 25 heavy (non-hydrogen) atoms. The Morgan fingerprint density at radius 1 is 0.960 bits per heavy atom. The zero-order chi connectivity index (χ0) is 18.5. The molecule has 0 aliphatic heterocycles. The molecular formula is C19H26F3NO2. The van der Waals surface area contributed by atoms with Crippen LogP contribution in [0.4, 0.5) is 18.9 Å². The van der Waals surface area contributed by atoms with Crippen molar-refractivity contribution in [1.82, 2.24) is 0 Å². The summed E-state index contributed by atoms with van der Waals surface area (Å²) in [4.78, 5) is 10.7. The Kier molecular flexibility index (Phi) is 9.73. The molecule has 0 fully saturated rings. The van der Waals surface area contributed by atoms with Crippen LogP contribution < -0.4 is 5.32 Å². The number of allylic oxidation sites excluding steroid dienone is 2. The summed E-state index contributed by atoms with van der Waals surface area (Å²) >= 11 is 0. The highest BCUT2D eigenvalue weighted by Gasteiger charge is 2.24. The van der Waals surface area contributed by atoms with E-state index >= 15 is 0 Å². The second-order valence-corrected chi connectivity index (χ2v) is 6.01. The molecule has 0 saturated carbocycles. The molecule has 0 radical (unpaired) electrons. The van der Waals surface area contributed by atoms with Gasteiger partial charge in [0, 0.05) is 12.2 Å². The van der Waals surface area contributed by atoms with Crippen LogP contribution >= 0.6 is 0 Å². The number of nitrogens with one attached hydrogen (secondary N) is 1. The number of carboxylic acid groups (broad SMARTS) is 1. The molecule has 0 aromatic heterocycles. The van der Waals surface area contributed by atoms with E-state index < -0.39 is 18.6 Å². The number of rotatable bonds is 12. The molecule has 140 valence electrons. The average molecular weight is 357 g/mol. The first-order chi connectivity index (χ1) is 11.9. The van der Waals surface area contributed by atoms with E-state index in [1.54, 1.807) is 30.3 Å². The van der Waals surface area contributed by atoms with Crippen LogP contribution in [0.1, 0.15) is 61.7 Å². The van der Waals surface area contributed by atoms with Crippen molar-refractivity contribution in [3.05, 3.63) is 42.0 Å². The largest absolute Gasteiger partial charge is 0.478 e. The minimum absolute atomic E-state index is 0.277. The molecule has 0 bridgehead atoms. The number of carbonyl (C=O) groups is 1. The van der Waals surface area contributed by atoms with Crippen LogP contribution in [0.15, 0.2) is 36.4 Å². The Bertz CT molecular complexity index is 524. The summed E-state index contributed by atoms with van der Waals surface area (Å²) in [7, 11) is 0. The van der Waals surface area contributed by atoms with E-state index in [4.69, 9.17) is 5.11 Å². The number of alkyl halides is 3. The fourth-order valence-corrected chi connectivity index (χ4v) is 2.39. The summed E-state index contributed by atoms with van der Waals surface area (Å²) in [5.41, 5.74) is 1.19. The number of hydrogen-bond acceptors (Lipinski definition) is 2. The van der Waals surface area contributed by atoms with E-state index in [2.05, 4.69) is 5.32 Å². The van der Waals surface area contributed by atoms with Crippen molar-refractivity contribution in [2.45, 2.75) is 57.5 Å². The quantitative estimate of drug-likeness (QED) is 0.354. The standard InChI is InChI=1S/C19H26F3NO2/c20-19(21,22)14-8-6-4-2-1-3-5-7-9-15-23-17-12-10-16(11-13-17)18(24)25/h6,8,10-13,23H,1-5,7,9,14-15H2,(H,24,25)/b8-6+. The minimum atomic E-state index is -4.09. The molecule has 0 spiro atoms. The van der Waals surface area contributed by atoms with Crippen molar-refractivity contribution >= 4 is 11.7 Å². The molecule has 1 aromatic carbocycles. The van der Waals surface area contributed by atoms with Gasteiger partial charge in [0.15, 0.2) is 0 Å². The zero-order valence-corrected chi connectivity index (χ0v) is 14.3. The summed E-state index contributed by atoms with van der Waals surface area (Å²) in [5.74, 6) is -0.928. The number of benzene rings is 1. The van der Waals surface area contributed by atoms with Gasteiger partial charge >= 0.3 is 12.1 Å². The normalized spacial score (nSPS) is 11.8. The van der Waals surface area contributed by atoms with Crippen molar-refractivity contribution < 1.29 is 23.1 Å². The first-order valence-electron chi connectivity index (χ1n) is 8.67. The third kappa shape index (κ3) is 11.2. The van der Waals surface area contributed by atoms with E-state index in [0.717, 1.165) is 50.8 Å². The summed E-state index contributed by atoms with van der Waals surface area (Å²) in [5, 5.41) is 12.1. The maximum absolute atomic E-state index is 11.9. The number of anilines is 1. The van der Waals surface area contributed by atoms with Crippen molar-refractivity contribution in [2.75, 3.05) is 11.9 Å². The molecule has 2 N–H and O–H groups in total. The highest BCUT2D eigenvalue weighted by molar-refractivity contribution is 5.87. The lowest BCUT2D eigenvalue weighted by molar-refractivity contribution is -0.125. The Morgan fingerprint density at radius 2 is 1.56 bits per heavy atom. The SMILES string of the molecule is O=C(O)c1ccc(NCCCCCCCC/C=C/CC(F)(F)F)cc1. The number of unbranched alkanes of at least 4 members (excludes halogenated alkanes) is 6. The minimum Gasteiger partial charge on any atom is -0.478 e. The maximum atomic E-state index is 11.9. The summed E-state index contributed by atoms with van der Waals surface area (Å²) in [6.45, 7) is 0.840. The van der Waals surface area contributed by atoms with Crippen molar-refractivity contribution in [3.63, 3.8) is 0 Å². The molecule has 0 aliphatic rings. The molecule has 0 heterocycles. The molecule has 1 rings (SSSR count). The van der Waals surface area contributed by atoms with Gasteiger partial charge in [-0.2, -0.15) is 13.2 Å². The second-order valence-electron chi connectivity index (χ2n) is 6.01. The number of hydrogen-bond donors (Lipinski definition) is 2.